The van der Waals surface area contributed by atoms with Crippen molar-refractivity contribution >= 4 is 58.1 Å². The Bertz CT molecular complexity index is 1630. The van der Waals surface area contributed by atoms with Crippen LogP contribution in [0.4, 0.5) is 11.4 Å². The fraction of sp³-hybridized carbons (Fsp3) is 0.0909. The van der Waals surface area contributed by atoms with Crippen LogP contribution in [-0.4, -0.2) is 30.1 Å². The summed E-state index contributed by atoms with van der Waals surface area (Å²) in [4.78, 5) is 24.5. The lowest BCUT2D eigenvalue weighted by atomic mass is 10.1. The summed E-state index contributed by atoms with van der Waals surface area (Å²) in [6, 6.07) is 34.3. The lowest BCUT2D eigenvalue weighted by Crippen LogP contribution is -2.29. The molecule has 0 spiro atoms. The summed E-state index contributed by atoms with van der Waals surface area (Å²) in [6.07, 6.45) is 4.18. The zero-order chi connectivity index (χ0) is 27.5. The van der Waals surface area contributed by atoms with E-state index in [2.05, 4.69) is 29.2 Å². The maximum absolute atomic E-state index is 13.9. The summed E-state index contributed by atoms with van der Waals surface area (Å²) in [7, 11) is 3.66. The van der Waals surface area contributed by atoms with Gasteiger partial charge in [-0.15, -0.1) is 0 Å². The minimum atomic E-state index is -0.0378. The first kappa shape index (κ1) is 26.0. The van der Waals surface area contributed by atoms with Crippen LogP contribution >= 0.6 is 23.5 Å². The molecule has 1 saturated heterocycles. The van der Waals surface area contributed by atoms with Crippen molar-refractivity contribution in [1.29, 1.82) is 0 Å². The third kappa shape index (κ3) is 5.43. The second-order valence-corrected chi connectivity index (χ2v) is 11.3. The molecule has 5 nitrogen and oxygen atoms in total. The quantitative estimate of drug-likeness (QED) is 0.176. The predicted octanol–water partition coefficient (Wildman–Crippen LogP) is 8.04. The Morgan fingerprint density at radius 1 is 0.825 bits per heavy atom. The van der Waals surface area contributed by atoms with E-state index in [1.807, 2.05) is 98.0 Å². The number of aliphatic imine (C=N–C) groups is 1. The smallest absolute Gasteiger partial charge is 0.269 e. The van der Waals surface area contributed by atoms with Crippen LogP contribution in [0.5, 0.6) is 5.75 Å². The zero-order valence-corrected chi connectivity index (χ0v) is 23.8. The maximum Gasteiger partial charge on any atom is 0.269 e. The van der Waals surface area contributed by atoms with Gasteiger partial charge in [0.15, 0.2) is 5.17 Å². The number of hydrogen-bond donors (Lipinski definition) is 0. The highest BCUT2D eigenvalue weighted by Gasteiger charge is 2.39. The normalized spacial score (nSPS) is 17.8. The largest absolute Gasteiger partial charge is 0.497 e. The third-order valence-electron chi connectivity index (χ3n) is 6.67. The molecule has 0 aliphatic carbocycles. The van der Waals surface area contributed by atoms with E-state index in [-0.39, 0.29) is 5.91 Å². The molecule has 7 heteroatoms. The van der Waals surface area contributed by atoms with Gasteiger partial charge in [0.05, 0.1) is 30.1 Å². The summed E-state index contributed by atoms with van der Waals surface area (Å²) < 4.78 is 5.43. The van der Waals surface area contributed by atoms with E-state index in [0.29, 0.717) is 16.6 Å². The van der Waals surface area contributed by atoms with Crippen molar-refractivity contribution in [3.63, 3.8) is 0 Å². The van der Waals surface area contributed by atoms with Crippen molar-refractivity contribution in [1.82, 2.24) is 4.90 Å². The number of rotatable bonds is 6. The van der Waals surface area contributed by atoms with Crippen LogP contribution in [0.3, 0.4) is 0 Å². The topological polar surface area (TPSA) is 45.1 Å². The number of thioether (sulfide) groups is 2. The van der Waals surface area contributed by atoms with Gasteiger partial charge in [-0.2, -0.15) is 0 Å². The van der Waals surface area contributed by atoms with E-state index in [4.69, 9.17) is 9.73 Å². The molecule has 2 aliphatic heterocycles. The first-order valence-corrected chi connectivity index (χ1v) is 14.5. The molecule has 0 aromatic heterocycles. The average molecular weight is 562 g/mol. The van der Waals surface area contributed by atoms with E-state index in [1.54, 1.807) is 23.8 Å². The van der Waals surface area contributed by atoms with Crippen LogP contribution in [0, 0.1) is 0 Å². The van der Waals surface area contributed by atoms with Crippen molar-refractivity contribution in [2.24, 2.45) is 4.99 Å². The summed E-state index contributed by atoms with van der Waals surface area (Å²) in [5.41, 5.74) is 5.12. The Morgan fingerprint density at radius 3 is 2.20 bits per heavy atom. The maximum atomic E-state index is 13.9. The Kier molecular flexibility index (Phi) is 7.49. The summed E-state index contributed by atoms with van der Waals surface area (Å²) in [5, 5.41) is 1.58. The van der Waals surface area contributed by atoms with Gasteiger partial charge in [-0.1, -0.05) is 96.7 Å². The molecule has 0 saturated carbocycles. The number of carbonyl (C=O) groups excluding carboxylic acids is 1. The van der Waals surface area contributed by atoms with Crippen molar-refractivity contribution < 1.29 is 9.53 Å². The molecule has 4 aromatic rings. The first-order chi connectivity index (χ1) is 19.6. The molecule has 0 unspecified atom stereocenters. The number of nitrogens with zero attached hydrogens (tertiary/aromatic N) is 3. The fourth-order valence-electron chi connectivity index (χ4n) is 4.50. The van der Waals surface area contributed by atoms with Crippen LogP contribution in [0.15, 0.2) is 123 Å². The van der Waals surface area contributed by atoms with Crippen LogP contribution < -0.4 is 9.64 Å². The van der Waals surface area contributed by atoms with Gasteiger partial charge in [-0.3, -0.25) is 9.69 Å². The Morgan fingerprint density at radius 2 is 1.50 bits per heavy atom. The van der Waals surface area contributed by atoms with Crippen molar-refractivity contribution in [3.05, 3.63) is 130 Å². The molecule has 0 radical (unpaired) electrons. The average Bonchev–Trinajstić information content (AvgIpc) is 3.48. The van der Waals surface area contributed by atoms with Gasteiger partial charge in [0.1, 0.15) is 10.7 Å². The van der Waals surface area contributed by atoms with Crippen molar-refractivity contribution in [2.45, 2.75) is 11.4 Å². The number of fused-ring (bicyclic) bond motifs is 1. The third-order valence-corrected chi connectivity index (χ3v) is 9.10. The second-order valence-electron chi connectivity index (χ2n) is 9.34. The van der Waals surface area contributed by atoms with Gasteiger partial charge in [0.25, 0.3) is 5.91 Å². The number of ether oxygens (including phenoxy) is 1. The summed E-state index contributed by atoms with van der Waals surface area (Å²) in [5.74, 6) is 0.752. The van der Waals surface area contributed by atoms with Gasteiger partial charge in [-0.05, 0) is 52.7 Å². The van der Waals surface area contributed by atoms with Crippen LogP contribution in [0.2, 0.25) is 0 Å². The number of benzene rings is 4. The highest BCUT2D eigenvalue weighted by atomic mass is 32.2. The van der Waals surface area contributed by atoms with E-state index in [9.17, 15) is 4.79 Å². The van der Waals surface area contributed by atoms with E-state index in [1.165, 1.54) is 11.8 Å². The molecular weight excluding hydrogens is 535 g/mol. The molecule has 2 aliphatic rings. The Hall–Kier alpha value is -4.20. The van der Waals surface area contributed by atoms with Gasteiger partial charge >= 0.3 is 0 Å². The Balaban J connectivity index is 1.31. The number of amidine groups is 1. The molecule has 0 N–H and O–H groups in total. The number of carbonyl (C=O) groups is 1. The van der Waals surface area contributed by atoms with E-state index < -0.39 is 0 Å². The highest BCUT2D eigenvalue weighted by molar-refractivity contribution is 8.19. The molecule has 40 heavy (non-hydrogen) atoms. The molecule has 0 bridgehead atoms. The molecule has 4 aromatic carbocycles. The molecule has 1 amide bonds. The van der Waals surface area contributed by atoms with E-state index >= 15 is 0 Å². The van der Waals surface area contributed by atoms with Crippen molar-refractivity contribution in [2.75, 3.05) is 19.1 Å². The first-order valence-electron chi connectivity index (χ1n) is 12.9. The second kappa shape index (κ2) is 11.5. The molecule has 2 heterocycles. The number of methoxy groups -OCH3 is 1. The Labute approximate surface area is 242 Å². The lowest BCUT2D eigenvalue weighted by molar-refractivity contribution is -0.122. The SMILES string of the molecule is COc1ccc2c(c1)N(C)C(=C1SC(=Nc3ccc(C=Cc4ccccc4)cc3)N(Cc3ccccc3)C1=O)S2. The molecule has 0 atom stereocenters. The summed E-state index contributed by atoms with van der Waals surface area (Å²) in [6.45, 7) is 0.454. The minimum Gasteiger partial charge on any atom is -0.497 e. The molecule has 6 rings (SSSR count). The van der Waals surface area contributed by atoms with Gasteiger partial charge in [0, 0.05) is 18.0 Å². The predicted molar refractivity (Wildman–Crippen MR) is 168 cm³/mol. The van der Waals surface area contributed by atoms with Gasteiger partial charge in [-0.25, -0.2) is 4.99 Å². The standard InChI is InChI=1S/C33H27N3O2S2/c1-35-28-21-27(38-2)19-20-29(28)39-32(35)30-31(37)36(22-25-11-7-4-8-12-25)33(40-30)34-26-17-15-24(16-18-26)14-13-23-9-5-3-6-10-23/h3-21H,22H2,1-2H3. The van der Waals surface area contributed by atoms with Crippen LogP contribution in [0.1, 0.15) is 16.7 Å². The molecule has 198 valence electrons. The zero-order valence-electron chi connectivity index (χ0n) is 22.2. The van der Waals surface area contributed by atoms with Crippen LogP contribution in [0.25, 0.3) is 12.2 Å². The summed E-state index contributed by atoms with van der Waals surface area (Å²) >= 11 is 3.04. The van der Waals surface area contributed by atoms with E-state index in [0.717, 1.165) is 43.7 Å². The lowest BCUT2D eigenvalue weighted by Gasteiger charge is -2.17. The van der Waals surface area contributed by atoms with Crippen molar-refractivity contribution in [3.8, 4) is 5.75 Å². The number of anilines is 1. The minimum absolute atomic E-state index is 0.0378. The number of hydrogen-bond acceptors (Lipinski definition) is 6. The number of amides is 1. The monoisotopic (exact) mass is 561 g/mol. The fourth-order valence-corrected chi connectivity index (χ4v) is 6.83. The van der Waals surface area contributed by atoms with Crippen LogP contribution in [-0.2, 0) is 11.3 Å². The van der Waals surface area contributed by atoms with Gasteiger partial charge < -0.3 is 9.64 Å². The highest BCUT2D eigenvalue weighted by Crippen LogP contribution is 2.51. The van der Waals surface area contributed by atoms with Gasteiger partial charge in [0.2, 0.25) is 0 Å². The molecule has 1 fully saturated rings. The molecular formula is C33H27N3O2S2.